The molecule has 0 bridgehead atoms. The van der Waals surface area contributed by atoms with Crippen molar-refractivity contribution >= 4 is 5.78 Å². The van der Waals surface area contributed by atoms with Gasteiger partial charge in [-0.3, -0.25) is 4.79 Å². The molecule has 66 valence electrons. The first-order chi connectivity index (χ1) is 5.84. The van der Waals surface area contributed by atoms with E-state index in [1.165, 1.54) is 6.42 Å². The van der Waals surface area contributed by atoms with Crippen LogP contribution in [0.5, 0.6) is 0 Å². The Morgan fingerprint density at radius 2 is 2.33 bits per heavy atom. The fraction of sp³-hybridized carbons (Fsp3) is 0.545. The minimum absolute atomic E-state index is 0.301. The van der Waals surface area contributed by atoms with E-state index < -0.39 is 0 Å². The lowest BCUT2D eigenvalue weighted by Crippen LogP contribution is -2.17. The molecule has 1 fully saturated rings. The predicted molar refractivity (Wildman–Crippen MR) is 50.9 cm³/mol. The van der Waals surface area contributed by atoms with Crippen molar-refractivity contribution in [3.8, 4) is 0 Å². The number of Topliss-reactive ketones (excluding diaryl/α,β-unsaturated/α-hetero) is 1. The van der Waals surface area contributed by atoms with E-state index in [4.69, 9.17) is 0 Å². The smallest absolute Gasteiger partial charge is 0.136 e. The van der Waals surface area contributed by atoms with Gasteiger partial charge in [-0.1, -0.05) is 31.2 Å². The molecule has 1 aliphatic carbocycles. The minimum atomic E-state index is 0.301. The Balaban J connectivity index is 2.34. The first-order valence-corrected chi connectivity index (χ1v) is 4.65. The molecule has 1 nitrogen and oxygen atoms in total. The highest BCUT2D eigenvalue weighted by Gasteiger charge is 2.20. The summed E-state index contributed by atoms with van der Waals surface area (Å²) in [6.45, 7) is 3.59. The van der Waals surface area contributed by atoms with Crippen LogP contribution in [0.4, 0.5) is 0 Å². The summed E-state index contributed by atoms with van der Waals surface area (Å²) in [6.07, 6.45) is 10.8. The van der Waals surface area contributed by atoms with E-state index in [-0.39, 0.29) is 0 Å². The van der Waals surface area contributed by atoms with E-state index in [9.17, 15) is 4.79 Å². The Morgan fingerprint density at radius 1 is 1.50 bits per heavy atom. The normalized spacial score (nSPS) is 24.7. The van der Waals surface area contributed by atoms with Crippen molar-refractivity contribution in [2.75, 3.05) is 0 Å². The Bertz CT molecular complexity index is 191. The van der Waals surface area contributed by atoms with Crippen molar-refractivity contribution < 1.29 is 4.79 Å². The van der Waals surface area contributed by atoms with E-state index in [0.717, 1.165) is 25.7 Å². The molecule has 0 aromatic rings. The molecular formula is C11H16O. The van der Waals surface area contributed by atoms with E-state index in [1.807, 2.05) is 12.2 Å². The number of carbonyl (C=O) groups is 1. The fourth-order valence-electron chi connectivity index (χ4n) is 1.64. The number of rotatable bonds is 3. The van der Waals surface area contributed by atoms with Gasteiger partial charge in [-0.15, -0.1) is 0 Å². The van der Waals surface area contributed by atoms with Crippen LogP contribution in [0.3, 0.4) is 0 Å². The molecular weight excluding hydrogens is 148 g/mol. The van der Waals surface area contributed by atoms with Gasteiger partial charge in [0.2, 0.25) is 0 Å². The molecule has 0 spiro atoms. The summed E-state index contributed by atoms with van der Waals surface area (Å²) < 4.78 is 0. The third-order valence-corrected chi connectivity index (χ3v) is 2.37. The highest BCUT2D eigenvalue weighted by Crippen LogP contribution is 2.23. The maximum Gasteiger partial charge on any atom is 0.136 e. The lowest BCUT2D eigenvalue weighted by atomic mass is 9.86. The van der Waals surface area contributed by atoms with Gasteiger partial charge in [0, 0.05) is 12.3 Å². The highest BCUT2D eigenvalue weighted by atomic mass is 16.1. The molecule has 0 saturated heterocycles. The third-order valence-electron chi connectivity index (χ3n) is 2.37. The quantitative estimate of drug-likeness (QED) is 0.586. The average molecular weight is 164 g/mol. The molecule has 1 saturated carbocycles. The second kappa shape index (κ2) is 4.91. The molecule has 0 aliphatic heterocycles. The second-order valence-corrected chi connectivity index (χ2v) is 3.31. The van der Waals surface area contributed by atoms with Gasteiger partial charge in [0.15, 0.2) is 0 Å². The van der Waals surface area contributed by atoms with Crippen molar-refractivity contribution in [1.29, 1.82) is 0 Å². The summed E-state index contributed by atoms with van der Waals surface area (Å²) in [7, 11) is 0. The summed E-state index contributed by atoms with van der Waals surface area (Å²) in [5.74, 6) is 0.755. The molecule has 0 N–H and O–H groups in total. The number of hydrogen-bond donors (Lipinski definition) is 0. The van der Waals surface area contributed by atoms with Crippen molar-refractivity contribution in [3.05, 3.63) is 24.8 Å². The van der Waals surface area contributed by atoms with Crippen molar-refractivity contribution in [1.82, 2.24) is 0 Å². The molecule has 0 aromatic heterocycles. The Morgan fingerprint density at radius 3 is 3.00 bits per heavy atom. The van der Waals surface area contributed by atoms with Crippen molar-refractivity contribution in [2.24, 2.45) is 5.92 Å². The molecule has 0 aromatic carbocycles. The number of carbonyl (C=O) groups excluding carboxylic acids is 1. The van der Waals surface area contributed by atoms with Crippen LogP contribution in [0.15, 0.2) is 24.8 Å². The maximum atomic E-state index is 11.3. The standard InChI is InChI=1S/C11H16O/c1-2-3-4-7-10-8-5-6-9-11(10)12/h2-4,10H,1,5-9H2/b4-3+/t10-/m0/s1. The molecule has 1 rings (SSSR count). The highest BCUT2D eigenvalue weighted by molar-refractivity contribution is 5.81. The summed E-state index contributed by atoms with van der Waals surface area (Å²) in [4.78, 5) is 11.3. The van der Waals surface area contributed by atoms with Crippen LogP contribution < -0.4 is 0 Å². The van der Waals surface area contributed by atoms with Gasteiger partial charge in [-0.25, -0.2) is 0 Å². The molecule has 0 amide bonds. The molecule has 12 heavy (non-hydrogen) atoms. The van der Waals surface area contributed by atoms with Gasteiger partial charge >= 0.3 is 0 Å². The summed E-state index contributed by atoms with van der Waals surface area (Å²) in [5.41, 5.74) is 0. The first-order valence-electron chi connectivity index (χ1n) is 4.65. The van der Waals surface area contributed by atoms with Crippen LogP contribution >= 0.6 is 0 Å². The van der Waals surface area contributed by atoms with Gasteiger partial charge in [0.1, 0.15) is 5.78 Å². The zero-order chi connectivity index (χ0) is 8.81. The first kappa shape index (κ1) is 9.24. The lowest BCUT2D eigenvalue weighted by Gasteiger charge is -2.18. The van der Waals surface area contributed by atoms with Crippen LogP contribution in [0, 0.1) is 5.92 Å². The van der Waals surface area contributed by atoms with E-state index >= 15 is 0 Å². The SMILES string of the molecule is C=C/C=C/C[C@H]1CCCCC1=O. The van der Waals surface area contributed by atoms with Crippen LogP contribution in [-0.2, 0) is 4.79 Å². The van der Waals surface area contributed by atoms with Gasteiger partial charge in [-0.05, 0) is 19.3 Å². The van der Waals surface area contributed by atoms with E-state index in [0.29, 0.717) is 11.7 Å². The predicted octanol–water partition coefficient (Wildman–Crippen LogP) is 2.88. The maximum absolute atomic E-state index is 11.3. The third kappa shape index (κ3) is 2.65. The summed E-state index contributed by atoms with van der Waals surface area (Å²) >= 11 is 0. The monoisotopic (exact) mass is 164 g/mol. The summed E-state index contributed by atoms with van der Waals surface area (Å²) in [6, 6.07) is 0. The zero-order valence-electron chi connectivity index (χ0n) is 7.46. The largest absolute Gasteiger partial charge is 0.299 e. The number of hydrogen-bond acceptors (Lipinski definition) is 1. The second-order valence-electron chi connectivity index (χ2n) is 3.31. The Hall–Kier alpha value is -0.850. The van der Waals surface area contributed by atoms with E-state index in [2.05, 4.69) is 6.58 Å². The minimum Gasteiger partial charge on any atom is -0.299 e. The fourth-order valence-corrected chi connectivity index (χ4v) is 1.64. The van der Waals surface area contributed by atoms with Crippen LogP contribution in [-0.4, -0.2) is 5.78 Å². The van der Waals surface area contributed by atoms with Crippen LogP contribution in [0.25, 0.3) is 0 Å². The van der Waals surface area contributed by atoms with Gasteiger partial charge in [0.25, 0.3) is 0 Å². The van der Waals surface area contributed by atoms with Gasteiger partial charge < -0.3 is 0 Å². The lowest BCUT2D eigenvalue weighted by molar-refractivity contribution is -0.124. The van der Waals surface area contributed by atoms with Crippen molar-refractivity contribution in [3.63, 3.8) is 0 Å². The van der Waals surface area contributed by atoms with Crippen LogP contribution in [0.1, 0.15) is 32.1 Å². The molecule has 1 atom stereocenters. The molecule has 0 unspecified atom stereocenters. The molecule has 1 heteroatoms. The number of allylic oxidation sites excluding steroid dienone is 3. The summed E-state index contributed by atoms with van der Waals surface area (Å²) in [5, 5.41) is 0. The van der Waals surface area contributed by atoms with Crippen molar-refractivity contribution in [2.45, 2.75) is 32.1 Å². The Labute approximate surface area is 74.2 Å². The topological polar surface area (TPSA) is 17.1 Å². The van der Waals surface area contributed by atoms with Gasteiger partial charge in [0.05, 0.1) is 0 Å². The number of ketones is 1. The zero-order valence-corrected chi connectivity index (χ0v) is 7.46. The average Bonchev–Trinajstić information content (AvgIpc) is 2.09. The van der Waals surface area contributed by atoms with Crippen LogP contribution in [0.2, 0.25) is 0 Å². The molecule has 1 aliphatic rings. The Kier molecular flexibility index (Phi) is 3.78. The molecule has 0 heterocycles. The van der Waals surface area contributed by atoms with Gasteiger partial charge in [-0.2, -0.15) is 0 Å². The van der Waals surface area contributed by atoms with E-state index in [1.54, 1.807) is 6.08 Å². The molecule has 0 radical (unpaired) electrons.